The standard InChI is InChI=1S/C16H19NO3/c1-4-19-14-7-5-13(6-8-14)11(2)17-16(18)15-9-10-20-12(15)3/h5-11H,4H2,1-3H3,(H,17,18)/t11-/m1/s1. The SMILES string of the molecule is CCOc1ccc([C@@H](C)NC(=O)c2ccoc2C)cc1. The highest BCUT2D eigenvalue weighted by Crippen LogP contribution is 2.18. The lowest BCUT2D eigenvalue weighted by Gasteiger charge is -2.14. The summed E-state index contributed by atoms with van der Waals surface area (Å²) < 4.78 is 10.5. The molecule has 0 saturated heterocycles. The number of hydrogen-bond donors (Lipinski definition) is 1. The van der Waals surface area contributed by atoms with Crippen molar-refractivity contribution < 1.29 is 13.9 Å². The Morgan fingerprint density at radius 3 is 2.55 bits per heavy atom. The van der Waals surface area contributed by atoms with Gasteiger partial charge in [-0.2, -0.15) is 0 Å². The van der Waals surface area contributed by atoms with Gasteiger partial charge in [0.2, 0.25) is 0 Å². The second kappa shape index (κ2) is 6.28. The average Bonchev–Trinajstić information content (AvgIpc) is 2.86. The normalized spacial score (nSPS) is 11.9. The number of ether oxygens (including phenoxy) is 1. The van der Waals surface area contributed by atoms with E-state index in [9.17, 15) is 4.79 Å². The molecule has 0 bridgehead atoms. The molecule has 0 unspecified atom stereocenters. The van der Waals surface area contributed by atoms with E-state index in [4.69, 9.17) is 9.15 Å². The molecule has 0 fully saturated rings. The summed E-state index contributed by atoms with van der Waals surface area (Å²) in [6.45, 7) is 6.31. The Bertz CT molecular complexity index is 572. The van der Waals surface area contributed by atoms with Gasteiger partial charge < -0.3 is 14.5 Å². The molecule has 1 aromatic heterocycles. The lowest BCUT2D eigenvalue weighted by atomic mass is 10.1. The molecule has 4 heteroatoms. The van der Waals surface area contributed by atoms with Crippen molar-refractivity contribution in [2.45, 2.75) is 26.8 Å². The zero-order chi connectivity index (χ0) is 14.5. The monoisotopic (exact) mass is 273 g/mol. The van der Waals surface area contributed by atoms with E-state index in [-0.39, 0.29) is 11.9 Å². The minimum atomic E-state index is -0.127. The molecular formula is C16H19NO3. The van der Waals surface area contributed by atoms with Crippen LogP contribution in [0.4, 0.5) is 0 Å². The van der Waals surface area contributed by atoms with E-state index in [2.05, 4.69) is 5.32 Å². The van der Waals surface area contributed by atoms with E-state index in [0.717, 1.165) is 11.3 Å². The Hall–Kier alpha value is -2.23. The summed E-state index contributed by atoms with van der Waals surface area (Å²) >= 11 is 0. The summed E-state index contributed by atoms with van der Waals surface area (Å²) in [6, 6.07) is 9.33. The first kappa shape index (κ1) is 14.2. The minimum absolute atomic E-state index is 0.0764. The first-order valence-electron chi connectivity index (χ1n) is 6.69. The Kier molecular flexibility index (Phi) is 4.45. The number of amides is 1. The number of carbonyl (C=O) groups excluding carboxylic acids is 1. The van der Waals surface area contributed by atoms with Crippen molar-refractivity contribution in [2.24, 2.45) is 0 Å². The Morgan fingerprint density at radius 1 is 1.30 bits per heavy atom. The van der Waals surface area contributed by atoms with Crippen LogP contribution in [0.3, 0.4) is 0 Å². The molecule has 1 amide bonds. The van der Waals surface area contributed by atoms with Gasteiger partial charge in [0.05, 0.1) is 24.5 Å². The van der Waals surface area contributed by atoms with Crippen molar-refractivity contribution in [2.75, 3.05) is 6.61 Å². The van der Waals surface area contributed by atoms with Gasteiger partial charge in [-0.05, 0) is 44.5 Å². The molecule has 0 spiro atoms. The van der Waals surface area contributed by atoms with Gasteiger partial charge in [0.15, 0.2) is 0 Å². The first-order valence-corrected chi connectivity index (χ1v) is 6.69. The van der Waals surface area contributed by atoms with Gasteiger partial charge in [-0.25, -0.2) is 0 Å². The zero-order valence-corrected chi connectivity index (χ0v) is 12.0. The molecule has 0 aliphatic carbocycles. The third-order valence-corrected chi connectivity index (χ3v) is 3.14. The summed E-state index contributed by atoms with van der Waals surface area (Å²) in [4.78, 5) is 12.1. The van der Waals surface area contributed by atoms with Gasteiger partial charge in [-0.3, -0.25) is 4.79 Å². The maximum absolute atomic E-state index is 12.1. The molecule has 1 N–H and O–H groups in total. The van der Waals surface area contributed by atoms with Crippen LogP contribution < -0.4 is 10.1 Å². The summed E-state index contributed by atoms with van der Waals surface area (Å²) in [5.74, 6) is 1.33. The second-order valence-corrected chi connectivity index (χ2v) is 4.59. The quantitative estimate of drug-likeness (QED) is 0.907. The maximum Gasteiger partial charge on any atom is 0.255 e. The third-order valence-electron chi connectivity index (χ3n) is 3.14. The lowest BCUT2D eigenvalue weighted by Crippen LogP contribution is -2.26. The topological polar surface area (TPSA) is 51.5 Å². The molecule has 2 aromatic rings. The van der Waals surface area contributed by atoms with E-state index < -0.39 is 0 Å². The molecule has 1 heterocycles. The maximum atomic E-state index is 12.1. The van der Waals surface area contributed by atoms with Gasteiger partial charge in [0.25, 0.3) is 5.91 Å². The van der Waals surface area contributed by atoms with Gasteiger partial charge in [-0.1, -0.05) is 12.1 Å². The number of nitrogens with one attached hydrogen (secondary N) is 1. The first-order chi connectivity index (χ1) is 9.61. The van der Waals surface area contributed by atoms with Crippen molar-refractivity contribution in [3.8, 4) is 5.75 Å². The van der Waals surface area contributed by atoms with Crippen LogP contribution in [0.1, 0.15) is 41.6 Å². The number of aryl methyl sites for hydroxylation is 1. The van der Waals surface area contributed by atoms with Gasteiger partial charge >= 0.3 is 0 Å². The summed E-state index contributed by atoms with van der Waals surface area (Å²) in [5.41, 5.74) is 1.60. The fourth-order valence-electron chi connectivity index (χ4n) is 2.00. The van der Waals surface area contributed by atoms with Gasteiger partial charge in [-0.15, -0.1) is 0 Å². The Labute approximate surface area is 118 Å². The second-order valence-electron chi connectivity index (χ2n) is 4.59. The van der Waals surface area contributed by atoms with Crippen LogP contribution in [0.25, 0.3) is 0 Å². The molecule has 0 radical (unpaired) electrons. The van der Waals surface area contributed by atoms with Crippen LogP contribution in [0.15, 0.2) is 41.0 Å². The highest BCUT2D eigenvalue weighted by molar-refractivity contribution is 5.95. The molecule has 0 aliphatic rings. The average molecular weight is 273 g/mol. The van der Waals surface area contributed by atoms with Crippen molar-refractivity contribution >= 4 is 5.91 Å². The minimum Gasteiger partial charge on any atom is -0.494 e. The van der Waals surface area contributed by atoms with Gasteiger partial charge in [0, 0.05) is 0 Å². The smallest absolute Gasteiger partial charge is 0.255 e. The summed E-state index contributed by atoms with van der Waals surface area (Å²) in [6.07, 6.45) is 1.52. The predicted molar refractivity (Wildman–Crippen MR) is 76.9 cm³/mol. The highest BCUT2D eigenvalue weighted by Gasteiger charge is 2.14. The molecule has 1 aromatic carbocycles. The van der Waals surface area contributed by atoms with Crippen LogP contribution in [-0.4, -0.2) is 12.5 Å². The van der Waals surface area contributed by atoms with Crippen molar-refractivity contribution in [3.05, 3.63) is 53.5 Å². The number of hydrogen-bond acceptors (Lipinski definition) is 3. The molecule has 20 heavy (non-hydrogen) atoms. The third kappa shape index (κ3) is 3.20. The Morgan fingerprint density at radius 2 is 2.00 bits per heavy atom. The number of benzene rings is 1. The number of furan rings is 1. The molecular weight excluding hydrogens is 254 g/mol. The van der Waals surface area contributed by atoms with E-state index in [0.29, 0.717) is 17.9 Å². The molecule has 4 nitrogen and oxygen atoms in total. The fourth-order valence-corrected chi connectivity index (χ4v) is 2.00. The van der Waals surface area contributed by atoms with E-state index in [1.807, 2.05) is 38.1 Å². The zero-order valence-electron chi connectivity index (χ0n) is 12.0. The van der Waals surface area contributed by atoms with E-state index >= 15 is 0 Å². The van der Waals surface area contributed by atoms with E-state index in [1.165, 1.54) is 6.26 Å². The molecule has 0 aliphatic heterocycles. The summed E-state index contributed by atoms with van der Waals surface area (Å²) in [7, 11) is 0. The Balaban J connectivity index is 2.02. The van der Waals surface area contributed by atoms with Crippen molar-refractivity contribution in [1.82, 2.24) is 5.32 Å². The lowest BCUT2D eigenvalue weighted by molar-refractivity contribution is 0.0938. The fraction of sp³-hybridized carbons (Fsp3) is 0.312. The van der Waals surface area contributed by atoms with Crippen molar-refractivity contribution in [1.29, 1.82) is 0 Å². The predicted octanol–water partition coefficient (Wildman–Crippen LogP) is 3.48. The molecule has 106 valence electrons. The van der Waals surface area contributed by atoms with Crippen LogP contribution in [0.2, 0.25) is 0 Å². The summed E-state index contributed by atoms with van der Waals surface area (Å²) in [5, 5.41) is 2.95. The molecule has 1 atom stereocenters. The largest absolute Gasteiger partial charge is 0.494 e. The molecule has 2 rings (SSSR count). The molecule has 0 saturated carbocycles. The van der Waals surface area contributed by atoms with Crippen molar-refractivity contribution in [3.63, 3.8) is 0 Å². The highest BCUT2D eigenvalue weighted by atomic mass is 16.5. The number of carbonyl (C=O) groups is 1. The van der Waals surface area contributed by atoms with E-state index in [1.54, 1.807) is 13.0 Å². The van der Waals surface area contributed by atoms with Crippen LogP contribution >= 0.6 is 0 Å². The van der Waals surface area contributed by atoms with Crippen LogP contribution in [0.5, 0.6) is 5.75 Å². The van der Waals surface area contributed by atoms with Crippen LogP contribution in [-0.2, 0) is 0 Å². The van der Waals surface area contributed by atoms with Gasteiger partial charge in [0.1, 0.15) is 11.5 Å². The van der Waals surface area contributed by atoms with Crippen LogP contribution in [0, 0.1) is 6.92 Å². The number of rotatable bonds is 5.